The number of carbonyl (C=O) groups excluding carboxylic acids is 1. The third kappa shape index (κ3) is 2.88. The highest BCUT2D eigenvalue weighted by atomic mass is 16.5. The third-order valence-corrected chi connectivity index (χ3v) is 3.43. The molecule has 0 radical (unpaired) electrons. The van der Waals surface area contributed by atoms with Gasteiger partial charge in [-0.2, -0.15) is 0 Å². The molecule has 1 aromatic heterocycles. The van der Waals surface area contributed by atoms with Crippen LogP contribution in [0.1, 0.15) is 18.4 Å². The second-order valence-electron chi connectivity index (χ2n) is 4.86. The molecule has 1 amide bonds. The molecule has 2 aromatic rings. The zero-order chi connectivity index (χ0) is 13.8. The van der Waals surface area contributed by atoms with Gasteiger partial charge in [-0.25, -0.2) is 4.98 Å². The van der Waals surface area contributed by atoms with Crippen LogP contribution in [0, 0.1) is 0 Å². The van der Waals surface area contributed by atoms with Gasteiger partial charge in [0.2, 0.25) is 5.91 Å². The van der Waals surface area contributed by atoms with Crippen LogP contribution in [0.5, 0.6) is 0 Å². The average Bonchev–Trinajstić information content (AvgIpc) is 3.18. The van der Waals surface area contributed by atoms with E-state index in [1.54, 1.807) is 12.5 Å². The Bertz CT molecular complexity index is 557. The number of imidazole rings is 1. The predicted octanol–water partition coefficient (Wildman–Crippen LogP) is 1.67. The van der Waals surface area contributed by atoms with E-state index in [4.69, 9.17) is 4.74 Å². The van der Waals surface area contributed by atoms with Crippen LogP contribution in [-0.2, 0) is 16.1 Å². The smallest absolute Gasteiger partial charge is 0.249 e. The predicted molar refractivity (Wildman–Crippen MR) is 74.4 cm³/mol. The summed E-state index contributed by atoms with van der Waals surface area (Å²) in [6, 6.07) is 8.03. The van der Waals surface area contributed by atoms with Crippen molar-refractivity contribution in [2.24, 2.45) is 0 Å². The van der Waals surface area contributed by atoms with Gasteiger partial charge in [0.05, 0.1) is 6.33 Å². The summed E-state index contributed by atoms with van der Waals surface area (Å²) in [6.07, 6.45) is 6.93. The van der Waals surface area contributed by atoms with Crippen LogP contribution in [-0.4, -0.2) is 28.2 Å². The largest absolute Gasteiger partial charge is 0.368 e. The maximum atomic E-state index is 11.8. The Labute approximate surface area is 117 Å². The van der Waals surface area contributed by atoms with E-state index in [0.717, 1.165) is 24.1 Å². The molecule has 104 valence electrons. The van der Waals surface area contributed by atoms with Crippen molar-refractivity contribution in [1.82, 2.24) is 14.9 Å². The number of amides is 1. The molecule has 2 heterocycles. The molecule has 1 saturated heterocycles. The van der Waals surface area contributed by atoms with Gasteiger partial charge in [0.15, 0.2) is 0 Å². The minimum absolute atomic E-state index is 0.0128. The summed E-state index contributed by atoms with van der Waals surface area (Å²) in [5.74, 6) is -0.0128. The second-order valence-corrected chi connectivity index (χ2v) is 4.86. The van der Waals surface area contributed by atoms with Gasteiger partial charge in [0.1, 0.15) is 6.10 Å². The van der Waals surface area contributed by atoms with Crippen LogP contribution < -0.4 is 5.32 Å². The summed E-state index contributed by atoms with van der Waals surface area (Å²) in [5, 5.41) is 2.91. The Morgan fingerprint density at radius 3 is 2.90 bits per heavy atom. The Morgan fingerprint density at radius 1 is 1.40 bits per heavy atom. The van der Waals surface area contributed by atoms with Gasteiger partial charge in [-0.05, 0) is 30.5 Å². The number of hydrogen-bond donors (Lipinski definition) is 1. The quantitative estimate of drug-likeness (QED) is 0.920. The summed E-state index contributed by atoms with van der Waals surface area (Å²) >= 11 is 0. The minimum Gasteiger partial charge on any atom is -0.368 e. The molecule has 1 aliphatic rings. The molecule has 0 bridgehead atoms. The first-order valence-corrected chi connectivity index (χ1v) is 6.79. The molecule has 1 fully saturated rings. The van der Waals surface area contributed by atoms with Crippen LogP contribution in [0.3, 0.4) is 0 Å². The molecule has 5 nitrogen and oxygen atoms in total. The van der Waals surface area contributed by atoms with Gasteiger partial charge in [-0.15, -0.1) is 0 Å². The summed E-state index contributed by atoms with van der Waals surface area (Å²) in [6.45, 7) is 1.22. The Kier molecular flexibility index (Phi) is 3.78. The van der Waals surface area contributed by atoms with Crippen molar-refractivity contribution < 1.29 is 9.53 Å². The van der Waals surface area contributed by atoms with Crippen molar-refractivity contribution in [3.05, 3.63) is 48.5 Å². The number of benzene rings is 1. The van der Waals surface area contributed by atoms with Crippen LogP contribution >= 0.6 is 0 Å². The SMILES string of the molecule is O=C(NCc1ccc(-n2ccnc2)cc1)C1CCCO1. The molecular formula is C15H17N3O2. The number of ether oxygens (including phenoxy) is 1. The normalized spacial score (nSPS) is 18.1. The maximum Gasteiger partial charge on any atom is 0.249 e. The number of aromatic nitrogens is 2. The number of hydrogen-bond acceptors (Lipinski definition) is 3. The number of rotatable bonds is 4. The topological polar surface area (TPSA) is 56.2 Å². The average molecular weight is 271 g/mol. The summed E-state index contributed by atoms with van der Waals surface area (Å²) < 4.78 is 7.29. The fraction of sp³-hybridized carbons (Fsp3) is 0.333. The first-order valence-electron chi connectivity index (χ1n) is 6.79. The highest BCUT2D eigenvalue weighted by molar-refractivity contribution is 5.80. The Morgan fingerprint density at radius 2 is 2.25 bits per heavy atom. The van der Waals surface area contributed by atoms with Crippen molar-refractivity contribution in [3.8, 4) is 5.69 Å². The van der Waals surface area contributed by atoms with Crippen molar-refractivity contribution in [2.75, 3.05) is 6.61 Å². The van der Waals surface area contributed by atoms with Crippen molar-refractivity contribution in [2.45, 2.75) is 25.5 Å². The lowest BCUT2D eigenvalue weighted by atomic mass is 10.2. The number of carbonyl (C=O) groups is 1. The van der Waals surface area contributed by atoms with E-state index in [1.807, 2.05) is 35.0 Å². The molecule has 3 rings (SSSR count). The molecule has 1 N–H and O–H groups in total. The Hall–Kier alpha value is -2.14. The monoisotopic (exact) mass is 271 g/mol. The molecule has 1 aliphatic heterocycles. The standard InChI is InChI=1S/C15H17N3O2/c19-15(14-2-1-9-20-14)17-10-12-3-5-13(6-4-12)18-8-7-16-11-18/h3-8,11,14H,1-2,9-10H2,(H,17,19). The fourth-order valence-corrected chi connectivity index (χ4v) is 2.29. The zero-order valence-corrected chi connectivity index (χ0v) is 11.2. The van der Waals surface area contributed by atoms with E-state index in [1.165, 1.54) is 0 Å². The molecule has 1 atom stereocenters. The maximum absolute atomic E-state index is 11.8. The van der Waals surface area contributed by atoms with Crippen molar-refractivity contribution in [3.63, 3.8) is 0 Å². The summed E-state index contributed by atoms with van der Waals surface area (Å²) in [5.41, 5.74) is 2.12. The van der Waals surface area contributed by atoms with E-state index in [9.17, 15) is 4.79 Å². The van der Waals surface area contributed by atoms with E-state index in [-0.39, 0.29) is 12.0 Å². The fourth-order valence-electron chi connectivity index (χ4n) is 2.29. The van der Waals surface area contributed by atoms with Gasteiger partial charge in [0, 0.05) is 31.2 Å². The summed E-state index contributed by atoms with van der Waals surface area (Å²) in [4.78, 5) is 15.8. The molecule has 0 spiro atoms. The molecule has 0 aliphatic carbocycles. The molecule has 0 saturated carbocycles. The van der Waals surface area contributed by atoms with Gasteiger partial charge in [-0.3, -0.25) is 4.79 Å². The number of nitrogens with zero attached hydrogens (tertiary/aromatic N) is 2. The van der Waals surface area contributed by atoms with Gasteiger partial charge in [-0.1, -0.05) is 12.1 Å². The lowest BCUT2D eigenvalue weighted by molar-refractivity contribution is -0.130. The van der Waals surface area contributed by atoms with Crippen molar-refractivity contribution in [1.29, 1.82) is 0 Å². The van der Waals surface area contributed by atoms with E-state index in [0.29, 0.717) is 13.2 Å². The van der Waals surface area contributed by atoms with Crippen LogP contribution in [0.2, 0.25) is 0 Å². The van der Waals surface area contributed by atoms with Gasteiger partial charge in [0.25, 0.3) is 0 Å². The minimum atomic E-state index is -0.264. The molecule has 1 unspecified atom stereocenters. The van der Waals surface area contributed by atoms with E-state index >= 15 is 0 Å². The van der Waals surface area contributed by atoms with E-state index in [2.05, 4.69) is 10.3 Å². The first kappa shape index (κ1) is 12.9. The molecule has 1 aromatic carbocycles. The first-order chi connectivity index (χ1) is 9.83. The second kappa shape index (κ2) is 5.88. The van der Waals surface area contributed by atoms with Crippen molar-refractivity contribution >= 4 is 5.91 Å². The molecule has 5 heteroatoms. The van der Waals surface area contributed by atoms with Gasteiger partial charge < -0.3 is 14.6 Å². The Balaban J connectivity index is 1.57. The number of nitrogens with one attached hydrogen (secondary N) is 1. The highest BCUT2D eigenvalue weighted by Gasteiger charge is 2.22. The van der Waals surface area contributed by atoms with Gasteiger partial charge >= 0.3 is 0 Å². The van der Waals surface area contributed by atoms with Crippen LogP contribution in [0.25, 0.3) is 5.69 Å². The highest BCUT2D eigenvalue weighted by Crippen LogP contribution is 2.13. The third-order valence-electron chi connectivity index (χ3n) is 3.43. The summed E-state index contributed by atoms with van der Waals surface area (Å²) in [7, 11) is 0. The van der Waals surface area contributed by atoms with Crippen LogP contribution in [0.4, 0.5) is 0 Å². The molecule has 20 heavy (non-hydrogen) atoms. The van der Waals surface area contributed by atoms with Crippen LogP contribution in [0.15, 0.2) is 43.0 Å². The molecular weight excluding hydrogens is 254 g/mol. The lowest BCUT2D eigenvalue weighted by Gasteiger charge is -2.10. The zero-order valence-electron chi connectivity index (χ0n) is 11.2. The van der Waals surface area contributed by atoms with E-state index < -0.39 is 0 Å². The lowest BCUT2D eigenvalue weighted by Crippen LogP contribution is -2.33.